The standard InChI is InChI=1S/C49H30N2/c1-2-12-31(13-3-1)32-22-24-34(25-23-32)47-39-18-8-11-21-45(39)50-48(51-47)35-27-28-43-40(30-35)37-16-6-9-19-41(37)49(43)42-20-10-7-17-38(42)46-36-15-5-4-14-33(36)26-29-44(46)49/h1-30H. The number of benzene rings is 8. The van der Waals surface area contributed by atoms with Crippen molar-refractivity contribution >= 4 is 21.7 Å². The summed E-state index contributed by atoms with van der Waals surface area (Å²) in [6.45, 7) is 0. The Hall–Kier alpha value is -6.64. The molecule has 1 aromatic heterocycles. The fraction of sp³-hybridized carbons (Fsp3) is 0.0204. The molecule has 0 amide bonds. The number of rotatable bonds is 3. The molecular weight excluding hydrogens is 617 g/mol. The number of hydrogen-bond acceptors (Lipinski definition) is 2. The van der Waals surface area contributed by atoms with Gasteiger partial charge in [0.2, 0.25) is 0 Å². The Morgan fingerprint density at radius 1 is 0.353 bits per heavy atom. The fourth-order valence-electron chi connectivity index (χ4n) is 8.93. The molecular formula is C49H30N2. The summed E-state index contributed by atoms with van der Waals surface area (Å²) in [7, 11) is 0. The molecule has 0 saturated heterocycles. The number of aromatic nitrogens is 2. The quantitative estimate of drug-likeness (QED) is 0.191. The van der Waals surface area contributed by atoms with Gasteiger partial charge in [0.05, 0.1) is 16.6 Å². The molecule has 0 bridgehead atoms. The van der Waals surface area contributed by atoms with Gasteiger partial charge in [0, 0.05) is 16.5 Å². The zero-order valence-corrected chi connectivity index (χ0v) is 27.7. The molecule has 1 spiro atoms. The van der Waals surface area contributed by atoms with E-state index in [1.165, 1.54) is 66.4 Å². The summed E-state index contributed by atoms with van der Waals surface area (Å²) in [4.78, 5) is 10.5. The molecule has 0 saturated carbocycles. The lowest BCUT2D eigenvalue weighted by molar-refractivity contribution is 0.794. The van der Waals surface area contributed by atoms with Crippen LogP contribution in [0.4, 0.5) is 0 Å². The molecule has 2 aliphatic rings. The van der Waals surface area contributed by atoms with Gasteiger partial charge in [-0.15, -0.1) is 0 Å². The monoisotopic (exact) mass is 646 g/mol. The van der Waals surface area contributed by atoms with Crippen LogP contribution < -0.4 is 0 Å². The molecule has 0 radical (unpaired) electrons. The number of hydrogen-bond donors (Lipinski definition) is 0. The highest BCUT2D eigenvalue weighted by molar-refractivity contribution is 6.06. The molecule has 1 heterocycles. The predicted octanol–water partition coefficient (Wildman–Crippen LogP) is 12.1. The van der Waals surface area contributed by atoms with Gasteiger partial charge in [-0.05, 0) is 78.5 Å². The van der Waals surface area contributed by atoms with Gasteiger partial charge >= 0.3 is 0 Å². The molecule has 1 atom stereocenters. The van der Waals surface area contributed by atoms with E-state index in [-0.39, 0.29) is 0 Å². The minimum absolute atomic E-state index is 0.406. The highest BCUT2D eigenvalue weighted by Crippen LogP contribution is 2.63. The molecule has 8 aromatic carbocycles. The van der Waals surface area contributed by atoms with Crippen molar-refractivity contribution in [2.24, 2.45) is 0 Å². The largest absolute Gasteiger partial charge is 0.228 e. The Morgan fingerprint density at radius 2 is 0.941 bits per heavy atom. The lowest BCUT2D eigenvalue weighted by atomic mass is 9.70. The van der Waals surface area contributed by atoms with Gasteiger partial charge < -0.3 is 0 Å². The third-order valence-corrected chi connectivity index (χ3v) is 11.1. The summed E-state index contributed by atoms with van der Waals surface area (Å²) in [5, 5.41) is 3.62. The first-order valence-corrected chi connectivity index (χ1v) is 17.6. The van der Waals surface area contributed by atoms with Crippen LogP contribution in [-0.2, 0) is 5.41 Å². The Bertz CT molecular complexity index is 2850. The molecule has 9 aromatic rings. The fourth-order valence-corrected chi connectivity index (χ4v) is 8.93. The number of fused-ring (bicyclic) bond motifs is 13. The predicted molar refractivity (Wildman–Crippen MR) is 210 cm³/mol. The highest BCUT2D eigenvalue weighted by Gasteiger charge is 2.52. The van der Waals surface area contributed by atoms with E-state index in [1.54, 1.807) is 0 Å². The maximum absolute atomic E-state index is 5.31. The summed E-state index contributed by atoms with van der Waals surface area (Å²) >= 11 is 0. The zero-order chi connectivity index (χ0) is 33.5. The number of nitrogens with zero attached hydrogens (tertiary/aromatic N) is 2. The second-order valence-corrected chi connectivity index (χ2v) is 13.7. The van der Waals surface area contributed by atoms with Crippen LogP contribution in [0.25, 0.3) is 77.7 Å². The van der Waals surface area contributed by atoms with Crippen LogP contribution in [0.1, 0.15) is 22.3 Å². The van der Waals surface area contributed by atoms with Gasteiger partial charge in [-0.1, -0.05) is 170 Å². The zero-order valence-electron chi connectivity index (χ0n) is 27.7. The van der Waals surface area contributed by atoms with E-state index < -0.39 is 5.41 Å². The van der Waals surface area contributed by atoms with E-state index in [0.717, 1.165) is 33.5 Å². The first-order chi connectivity index (χ1) is 25.3. The molecule has 236 valence electrons. The van der Waals surface area contributed by atoms with Crippen LogP contribution in [0.3, 0.4) is 0 Å². The molecule has 2 heteroatoms. The van der Waals surface area contributed by atoms with Crippen molar-refractivity contribution in [2.75, 3.05) is 0 Å². The minimum Gasteiger partial charge on any atom is -0.228 e. The molecule has 0 fully saturated rings. The van der Waals surface area contributed by atoms with Gasteiger partial charge in [-0.25, -0.2) is 9.97 Å². The van der Waals surface area contributed by atoms with E-state index >= 15 is 0 Å². The van der Waals surface area contributed by atoms with Crippen molar-refractivity contribution in [1.29, 1.82) is 0 Å². The summed E-state index contributed by atoms with van der Waals surface area (Å²) in [6, 6.07) is 66.0. The third-order valence-electron chi connectivity index (χ3n) is 11.1. The average Bonchev–Trinajstić information content (AvgIpc) is 3.68. The normalized spacial score (nSPS) is 15.1. The van der Waals surface area contributed by atoms with Crippen LogP contribution in [0.15, 0.2) is 182 Å². The van der Waals surface area contributed by atoms with E-state index in [9.17, 15) is 0 Å². The summed E-state index contributed by atoms with van der Waals surface area (Å²) in [6.07, 6.45) is 0. The SMILES string of the molecule is c1ccc(-c2ccc(-c3nc(-c4ccc5c(c4)-c4ccccc4C54c5ccccc5-c5c4ccc4ccccc54)nc4ccccc34)cc2)cc1. The Balaban J connectivity index is 1.12. The van der Waals surface area contributed by atoms with E-state index in [0.29, 0.717) is 0 Å². The first-order valence-electron chi connectivity index (χ1n) is 17.6. The van der Waals surface area contributed by atoms with Crippen LogP contribution in [0.2, 0.25) is 0 Å². The third kappa shape index (κ3) is 3.93. The van der Waals surface area contributed by atoms with Gasteiger partial charge in [0.25, 0.3) is 0 Å². The molecule has 0 N–H and O–H groups in total. The van der Waals surface area contributed by atoms with Crippen molar-refractivity contribution in [3.63, 3.8) is 0 Å². The first kappa shape index (κ1) is 28.2. The van der Waals surface area contributed by atoms with Crippen molar-refractivity contribution in [3.8, 4) is 56.0 Å². The van der Waals surface area contributed by atoms with Crippen molar-refractivity contribution in [2.45, 2.75) is 5.41 Å². The maximum Gasteiger partial charge on any atom is 0.160 e. The van der Waals surface area contributed by atoms with Gasteiger partial charge in [-0.2, -0.15) is 0 Å². The van der Waals surface area contributed by atoms with Crippen molar-refractivity contribution < 1.29 is 0 Å². The molecule has 2 aliphatic carbocycles. The Morgan fingerprint density at radius 3 is 1.78 bits per heavy atom. The van der Waals surface area contributed by atoms with Gasteiger partial charge in [0.15, 0.2) is 5.82 Å². The topological polar surface area (TPSA) is 25.8 Å². The lowest BCUT2D eigenvalue weighted by Crippen LogP contribution is -2.25. The Labute approximate surface area is 296 Å². The Kier molecular flexibility index (Phi) is 5.91. The van der Waals surface area contributed by atoms with E-state index in [2.05, 4.69) is 182 Å². The number of para-hydroxylation sites is 1. The summed E-state index contributed by atoms with van der Waals surface area (Å²) < 4.78 is 0. The van der Waals surface area contributed by atoms with E-state index in [1.807, 2.05) is 0 Å². The lowest BCUT2D eigenvalue weighted by Gasteiger charge is -2.30. The molecule has 2 nitrogen and oxygen atoms in total. The van der Waals surface area contributed by atoms with Crippen LogP contribution in [0.5, 0.6) is 0 Å². The van der Waals surface area contributed by atoms with Crippen LogP contribution in [0, 0.1) is 0 Å². The summed E-state index contributed by atoms with van der Waals surface area (Å²) in [5.74, 6) is 0.732. The highest BCUT2D eigenvalue weighted by atomic mass is 14.9. The van der Waals surface area contributed by atoms with Crippen LogP contribution in [-0.4, -0.2) is 9.97 Å². The molecule has 11 rings (SSSR count). The smallest absolute Gasteiger partial charge is 0.160 e. The molecule has 51 heavy (non-hydrogen) atoms. The van der Waals surface area contributed by atoms with Crippen LogP contribution >= 0.6 is 0 Å². The second-order valence-electron chi connectivity index (χ2n) is 13.7. The molecule has 0 aliphatic heterocycles. The van der Waals surface area contributed by atoms with Gasteiger partial charge in [-0.3, -0.25) is 0 Å². The van der Waals surface area contributed by atoms with Gasteiger partial charge in [0.1, 0.15) is 0 Å². The van der Waals surface area contributed by atoms with Crippen molar-refractivity contribution in [3.05, 3.63) is 204 Å². The molecule has 1 unspecified atom stereocenters. The summed E-state index contributed by atoms with van der Waals surface area (Å²) in [5.41, 5.74) is 16.5. The average molecular weight is 647 g/mol. The maximum atomic E-state index is 5.31. The second kappa shape index (κ2) is 10.7. The van der Waals surface area contributed by atoms with Crippen molar-refractivity contribution in [1.82, 2.24) is 9.97 Å². The van der Waals surface area contributed by atoms with E-state index in [4.69, 9.17) is 9.97 Å². The minimum atomic E-state index is -0.406.